The van der Waals surface area contributed by atoms with E-state index < -0.39 is 10.0 Å². The van der Waals surface area contributed by atoms with Gasteiger partial charge in [-0.2, -0.15) is 0 Å². The summed E-state index contributed by atoms with van der Waals surface area (Å²) in [7, 11) is -3.62. The maximum atomic E-state index is 12.9. The van der Waals surface area contributed by atoms with Crippen LogP contribution >= 0.6 is 0 Å². The third-order valence-corrected chi connectivity index (χ3v) is 6.26. The zero-order valence-electron chi connectivity index (χ0n) is 13.7. The summed E-state index contributed by atoms with van der Waals surface area (Å²) < 4.78 is 28.7. The summed E-state index contributed by atoms with van der Waals surface area (Å²) in [4.78, 5) is 11.7. The first-order valence-corrected chi connectivity index (χ1v) is 10.0. The fourth-order valence-corrected chi connectivity index (χ4v) is 4.63. The van der Waals surface area contributed by atoms with Crippen molar-refractivity contribution in [3.05, 3.63) is 59.7 Å². The Morgan fingerprint density at radius 3 is 2.52 bits per heavy atom. The van der Waals surface area contributed by atoms with Gasteiger partial charge in [0.05, 0.1) is 4.90 Å². The Kier molecular flexibility index (Phi) is 4.09. The van der Waals surface area contributed by atoms with E-state index in [-0.39, 0.29) is 16.8 Å². The van der Waals surface area contributed by atoms with Crippen LogP contribution in [0.5, 0.6) is 0 Å². The predicted octanol–water partition coefficient (Wildman–Crippen LogP) is 3.00. The molecule has 6 heteroatoms. The van der Waals surface area contributed by atoms with Crippen LogP contribution in [-0.2, 0) is 21.2 Å². The van der Waals surface area contributed by atoms with E-state index in [1.165, 1.54) is 0 Å². The third-order valence-electron chi connectivity index (χ3n) is 4.82. The highest BCUT2D eigenvalue weighted by molar-refractivity contribution is 7.89. The number of amides is 1. The van der Waals surface area contributed by atoms with Crippen LogP contribution in [0.1, 0.15) is 36.4 Å². The maximum Gasteiger partial charge on any atom is 0.241 e. The molecular formula is C19H20N2O3S. The number of benzene rings is 2. The van der Waals surface area contributed by atoms with Gasteiger partial charge in [-0.1, -0.05) is 30.3 Å². The summed E-state index contributed by atoms with van der Waals surface area (Å²) in [6, 6.07) is 14.4. The summed E-state index contributed by atoms with van der Waals surface area (Å²) in [5, 5.41) is 2.78. The topological polar surface area (TPSA) is 75.3 Å². The normalized spacial score (nSPS) is 18.3. The summed E-state index contributed by atoms with van der Waals surface area (Å²) in [5.74, 6) is 0.327. The predicted molar refractivity (Wildman–Crippen MR) is 95.6 cm³/mol. The summed E-state index contributed by atoms with van der Waals surface area (Å²) >= 11 is 0. The van der Waals surface area contributed by atoms with E-state index in [0.29, 0.717) is 24.4 Å². The van der Waals surface area contributed by atoms with E-state index in [1.54, 1.807) is 18.2 Å². The average molecular weight is 356 g/mol. The highest BCUT2D eigenvalue weighted by atomic mass is 32.2. The van der Waals surface area contributed by atoms with E-state index in [0.717, 1.165) is 24.0 Å². The molecule has 4 rings (SSSR count). The molecule has 1 saturated carbocycles. The molecule has 2 aromatic rings. The monoisotopic (exact) mass is 356 g/mol. The minimum atomic E-state index is -3.62. The number of anilines is 1. The number of hydrogen-bond acceptors (Lipinski definition) is 3. The molecule has 1 heterocycles. The molecule has 2 N–H and O–H groups in total. The molecule has 0 unspecified atom stereocenters. The van der Waals surface area contributed by atoms with Gasteiger partial charge in [0.1, 0.15) is 0 Å². The van der Waals surface area contributed by atoms with Crippen LogP contribution < -0.4 is 10.0 Å². The summed E-state index contributed by atoms with van der Waals surface area (Å²) in [5.41, 5.74) is 2.57. The van der Waals surface area contributed by atoms with Crippen molar-refractivity contribution in [1.29, 1.82) is 0 Å². The summed E-state index contributed by atoms with van der Waals surface area (Å²) in [6.07, 6.45) is 3.03. The van der Waals surface area contributed by atoms with Crippen molar-refractivity contribution in [3.63, 3.8) is 0 Å². The van der Waals surface area contributed by atoms with Gasteiger partial charge in [-0.05, 0) is 54.5 Å². The molecule has 130 valence electrons. The minimum absolute atomic E-state index is 0.0286. The number of rotatable bonds is 5. The van der Waals surface area contributed by atoms with Crippen LogP contribution in [0.25, 0.3) is 0 Å². The maximum absolute atomic E-state index is 12.9. The molecule has 1 aliphatic heterocycles. The lowest BCUT2D eigenvalue weighted by atomic mass is 10.0. The van der Waals surface area contributed by atoms with Crippen LogP contribution in [0.3, 0.4) is 0 Å². The van der Waals surface area contributed by atoms with Crippen molar-refractivity contribution < 1.29 is 13.2 Å². The second-order valence-electron chi connectivity index (χ2n) is 6.71. The zero-order valence-corrected chi connectivity index (χ0v) is 14.6. The average Bonchev–Trinajstić information content (AvgIpc) is 3.45. The number of carbonyl (C=O) groups excluding carboxylic acids is 1. The van der Waals surface area contributed by atoms with Gasteiger partial charge in [0.25, 0.3) is 0 Å². The second-order valence-corrected chi connectivity index (χ2v) is 8.43. The largest absolute Gasteiger partial charge is 0.326 e. The Morgan fingerprint density at radius 1 is 1.04 bits per heavy atom. The lowest BCUT2D eigenvalue weighted by Crippen LogP contribution is -2.30. The molecule has 2 aliphatic rings. The Morgan fingerprint density at radius 2 is 1.80 bits per heavy atom. The molecule has 1 fully saturated rings. The van der Waals surface area contributed by atoms with Crippen molar-refractivity contribution in [2.45, 2.75) is 36.6 Å². The third kappa shape index (κ3) is 3.45. The molecule has 2 aromatic carbocycles. The fourth-order valence-electron chi connectivity index (χ4n) is 3.29. The number of fused-ring (bicyclic) bond motifs is 1. The van der Waals surface area contributed by atoms with Gasteiger partial charge in [0.15, 0.2) is 0 Å². The van der Waals surface area contributed by atoms with Gasteiger partial charge in [0, 0.05) is 18.2 Å². The number of aryl methyl sites for hydroxylation is 1. The molecule has 0 aromatic heterocycles. The number of hydrogen-bond donors (Lipinski definition) is 2. The molecule has 1 amide bonds. The van der Waals surface area contributed by atoms with Gasteiger partial charge in [-0.3, -0.25) is 4.79 Å². The Hall–Kier alpha value is -2.18. The molecule has 25 heavy (non-hydrogen) atoms. The van der Waals surface area contributed by atoms with Crippen molar-refractivity contribution >= 4 is 21.6 Å². The first-order chi connectivity index (χ1) is 12.0. The number of sulfonamides is 1. The van der Waals surface area contributed by atoms with Gasteiger partial charge < -0.3 is 5.32 Å². The van der Waals surface area contributed by atoms with Gasteiger partial charge in [0.2, 0.25) is 15.9 Å². The lowest BCUT2D eigenvalue weighted by Gasteiger charge is -2.21. The first kappa shape index (κ1) is 16.3. The highest BCUT2D eigenvalue weighted by Crippen LogP contribution is 2.41. The second kappa shape index (κ2) is 6.28. The quantitative estimate of drug-likeness (QED) is 0.865. The molecule has 1 aliphatic carbocycles. The molecule has 1 atom stereocenters. The first-order valence-electron chi connectivity index (χ1n) is 8.53. The fraction of sp³-hybridized carbons (Fsp3) is 0.316. The summed E-state index contributed by atoms with van der Waals surface area (Å²) in [6.45, 7) is 0. The molecule has 0 radical (unpaired) electrons. The van der Waals surface area contributed by atoms with Crippen molar-refractivity contribution in [3.8, 4) is 0 Å². The van der Waals surface area contributed by atoms with E-state index in [4.69, 9.17) is 0 Å². The lowest BCUT2D eigenvalue weighted by molar-refractivity contribution is -0.116. The van der Waals surface area contributed by atoms with Crippen LogP contribution in [0.15, 0.2) is 53.4 Å². The van der Waals surface area contributed by atoms with Crippen molar-refractivity contribution in [2.24, 2.45) is 5.92 Å². The van der Waals surface area contributed by atoms with E-state index in [2.05, 4.69) is 10.0 Å². The molecule has 0 spiro atoms. The molecular weight excluding hydrogens is 336 g/mol. The van der Waals surface area contributed by atoms with Crippen molar-refractivity contribution in [1.82, 2.24) is 4.72 Å². The molecule has 5 nitrogen and oxygen atoms in total. The standard InChI is InChI=1S/C19H20N2O3S/c22-18-11-8-15-12-16(9-10-17(15)20-18)25(23,24)21-19(14-6-7-14)13-4-2-1-3-5-13/h1-5,9-10,12,14,19,21H,6-8,11H2,(H,20,22)/t19-/m1/s1. The van der Waals surface area contributed by atoms with Crippen LogP contribution in [0.4, 0.5) is 5.69 Å². The number of nitrogens with one attached hydrogen (secondary N) is 2. The van der Waals surface area contributed by atoms with Crippen LogP contribution in [0.2, 0.25) is 0 Å². The van der Waals surface area contributed by atoms with Crippen molar-refractivity contribution in [2.75, 3.05) is 5.32 Å². The van der Waals surface area contributed by atoms with Gasteiger partial charge in [-0.25, -0.2) is 13.1 Å². The van der Waals surface area contributed by atoms with E-state index in [9.17, 15) is 13.2 Å². The Labute approximate surface area is 147 Å². The SMILES string of the molecule is O=C1CCc2cc(S(=O)(=O)N[C@H](c3ccccc3)C3CC3)ccc2N1. The minimum Gasteiger partial charge on any atom is -0.326 e. The van der Waals surface area contributed by atoms with E-state index in [1.807, 2.05) is 30.3 Å². The van der Waals surface area contributed by atoms with Crippen LogP contribution in [0, 0.1) is 5.92 Å². The van der Waals surface area contributed by atoms with E-state index >= 15 is 0 Å². The van der Waals surface area contributed by atoms with Gasteiger partial charge >= 0.3 is 0 Å². The van der Waals surface area contributed by atoms with Crippen LogP contribution in [-0.4, -0.2) is 14.3 Å². The zero-order chi connectivity index (χ0) is 17.4. The molecule has 0 saturated heterocycles. The molecule has 0 bridgehead atoms. The Bertz CT molecular complexity index is 906. The smallest absolute Gasteiger partial charge is 0.241 e. The highest BCUT2D eigenvalue weighted by Gasteiger charge is 2.35. The van der Waals surface area contributed by atoms with Gasteiger partial charge in [-0.15, -0.1) is 0 Å². The number of carbonyl (C=O) groups is 1. The Balaban J connectivity index is 1.62.